The van der Waals surface area contributed by atoms with Crippen molar-refractivity contribution in [2.24, 2.45) is 0 Å². The van der Waals surface area contributed by atoms with Crippen molar-refractivity contribution in [2.45, 2.75) is 19.0 Å². The Hall–Kier alpha value is -2.71. The molecule has 0 aliphatic rings. The van der Waals surface area contributed by atoms with Crippen LogP contribution in [0.4, 0.5) is 32.0 Å². The quantitative estimate of drug-likeness (QED) is 0.794. The lowest BCUT2D eigenvalue weighted by molar-refractivity contribution is -0.274. The summed E-state index contributed by atoms with van der Waals surface area (Å²) >= 11 is 0. The number of anilines is 1. The average Bonchev–Trinajstić information content (AvgIpc) is 2.47. The molecule has 1 N–H and O–H groups in total. The Balaban J connectivity index is 1.99. The van der Waals surface area contributed by atoms with Gasteiger partial charge in [-0.2, -0.15) is 13.2 Å². The van der Waals surface area contributed by atoms with Gasteiger partial charge < -0.3 is 10.1 Å². The van der Waals surface area contributed by atoms with Crippen molar-refractivity contribution in [2.75, 3.05) is 5.32 Å². The van der Waals surface area contributed by atoms with E-state index < -0.39 is 29.8 Å². The summed E-state index contributed by atoms with van der Waals surface area (Å²) in [7, 11) is 0. The maximum absolute atomic E-state index is 12.6. The minimum absolute atomic E-state index is 0.157. The van der Waals surface area contributed by atoms with E-state index in [1.807, 2.05) is 0 Å². The smallest absolute Gasteiger partial charge is 0.406 e. The van der Waals surface area contributed by atoms with E-state index >= 15 is 0 Å². The van der Waals surface area contributed by atoms with Crippen molar-refractivity contribution in [1.82, 2.24) is 0 Å². The molecular formula is C16H11F6NO2. The van der Waals surface area contributed by atoms with Gasteiger partial charge in [-0.1, -0.05) is 18.2 Å². The van der Waals surface area contributed by atoms with Crippen LogP contribution in [0.5, 0.6) is 5.75 Å². The predicted octanol–water partition coefficient (Wildman–Crippen LogP) is 4.79. The molecule has 0 aliphatic carbocycles. The molecule has 0 heterocycles. The fourth-order valence-electron chi connectivity index (χ4n) is 1.99. The Morgan fingerprint density at radius 3 is 2.16 bits per heavy atom. The molecule has 0 unspecified atom stereocenters. The molecule has 2 rings (SSSR count). The van der Waals surface area contributed by atoms with E-state index in [4.69, 9.17) is 0 Å². The Morgan fingerprint density at radius 1 is 0.960 bits per heavy atom. The van der Waals surface area contributed by atoms with Crippen LogP contribution in [0.15, 0.2) is 48.5 Å². The number of carbonyl (C=O) groups is 1. The van der Waals surface area contributed by atoms with Crippen LogP contribution in [0.2, 0.25) is 0 Å². The number of hydrogen-bond donors (Lipinski definition) is 1. The van der Waals surface area contributed by atoms with Gasteiger partial charge in [0.05, 0.1) is 12.0 Å². The molecule has 0 saturated carbocycles. The summed E-state index contributed by atoms with van der Waals surface area (Å²) in [4.78, 5) is 11.9. The first-order chi connectivity index (χ1) is 11.5. The van der Waals surface area contributed by atoms with Gasteiger partial charge in [-0.15, -0.1) is 13.2 Å². The average molecular weight is 363 g/mol. The molecule has 0 fully saturated rings. The van der Waals surface area contributed by atoms with Gasteiger partial charge in [0.2, 0.25) is 5.91 Å². The number of carbonyl (C=O) groups excluding carboxylic acids is 1. The maximum atomic E-state index is 12.6. The summed E-state index contributed by atoms with van der Waals surface area (Å²) in [5.74, 6) is -1.06. The van der Waals surface area contributed by atoms with E-state index in [0.717, 1.165) is 24.3 Å². The minimum atomic E-state index is -4.83. The molecule has 0 saturated heterocycles. The Labute approximate surface area is 138 Å². The minimum Gasteiger partial charge on any atom is -0.406 e. The molecule has 0 bridgehead atoms. The first-order valence-electron chi connectivity index (χ1n) is 6.85. The number of benzene rings is 2. The fourth-order valence-corrected chi connectivity index (χ4v) is 1.99. The molecule has 134 valence electrons. The normalized spacial score (nSPS) is 11.9. The molecular weight excluding hydrogens is 352 g/mol. The van der Waals surface area contributed by atoms with Crippen LogP contribution in [-0.2, 0) is 17.4 Å². The second-order valence-electron chi connectivity index (χ2n) is 5.00. The molecule has 0 aliphatic heterocycles. The van der Waals surface area contributed by atoms with Gasteiger partial charge in [0, 0.05) is 5.69 Å². The number of ether oxygens (including phenoxy) is 1. The van der Waals surface area contributed by atoms with Gasteiger partial charge >= 0.3 is 12.5 Å². The number of alkyl halides is 6. The molecule has 9 heteroatoms. The van der Waals surface area contributed by atoms with Crippen LogP contribution in [0.25, 0.3) is 0 Å². The van der Waals surface area contributed by atoms with Gasteiger partial charge in [0.15, 0.2) is 0 Å². The van der Waals surface area contributed by atoms with Gasteiger partial charge in [-0.25, -0.2) is 0 Å². The van der Waals surface area contributed by atoms with E-state index in [1.165, 1.54) is 24.3 Å². The van der Waals surface area contributed by atoms with E-state index in [0.29, 0.717) is 0 Å². The molecule has 0 aromatic heterocycles. The van der Waals surface area contributed by atoms with Gasteiger partial charge in [-0.3, -0.25) is 4.79 Å². The predicted molar refractivity (Wildman–Crippen MR) is 76.9 cm³/mol. The zero-order valence-electron chi connectivity index (χ0n) is 12.4. The highest BCUT2D eigenvalue weighted by molar-refractivity contribution is 5.92. The van der Waals surface area contributed by atoms with Crippen molar-refractivity contribution in [3.63, 3.8) is 0 Å². The number of amides is 1. The first-order valence-corrected chi connectivity index (χ1v) is 6.85. The number of nitrogens with one attached hydrogen (secondary N) is 1. The third-order valence-electron chi connectivity index (χ3n) is 2.99. The largest absolute Gasteiger partial charge is 0.573 e. The summed E-state index contributed by atoms with van der Waals surface area (Å²) < 4.78 is 77.6. The lowest BCUT2D eigenvalue weighted by Gasteiger charge is -2.11. The molecule has 0 radical (unpaired) electrons. The third-order valence-corrected chi connectivity index (χ3v) is 2.99. The second-order valence-corrected chi connectivity index (χ2v) is 5.00. The van der Waals surface area contributed by atoms with Crippen LogP contribution < -0.4 is 10.1 Å². The lowest BCUT2D eigenvalue weighted by Crippen LogP contribution is -2.17. The highest BCUT2D eigenvalue weighted by atomic mass is 19.4. The van der Waals surface area contributed by atoms with Gasteiger partial charge in [-0.05, 0) is 35.9 Å². The van der Waals surface area contributed by atoms with E-state index in [2.05, 4.69) is 10.1 Å². The molecule has 2 aromatic rings. The van der Waals surface area contributed by atoms with Crippen LogP contribution >= 0.6 is 0 Å². The molecule has 1 amide bonds. The summed E-state index contributed by atoms with van der Waals surface area (Å²) in [6, 6.07) is 8.70. The highest BCUT2D eigenvalue weighted by Gasteiger charge is 2.31. The van der Waals surface area contributed by atoms with Crippen molar-refractivity contribution in [3.8, 4) is 5.75 Å². The topological polar surface area (TPSA) is 38.3 Å². The van der Waals surface area contributed by atoms with Crippen LogP contribution in [0, 0.1) is 0 Å². The van der Waals surface area contributed by atoms with Crippen LogP contribution in [0.3, 0.4) is 0 Å². The number of hydrogen-bond acceptors (Lipinski definition) is 2. The molecule has 25 heavy (non-hydrogen) atoms. The molecule has 3 nitrogen and oxygen atoms in total. The number of halogens is 6. The highest BCUT2D eigenvalue weighted by Crippen LogP contribution is 2.29. The van der Waals surface area contributed by atoms with Crippen LogP contribution in [-0.4, -0.2) is 12.3 Å². The van der Waals surface area contributed by atoms with Crippen molar-refractivity contribution < 1.29 is 35.9 Å². The van der Waals surface area contributed by atoms with E-state index in [-0.39, 0.29) is 17.7 Å². The van der Waals surface area contributed by atoms with E-state index in [9.17, 15) is 31.1 Å². The maximum Gasteiger partial charge on any atom is 0.573 e. The molecule has 2 aromatic carbocycles. The second kappa shape index (κ2) is 7.04. The summed E-state index contributed by atoms with van der Waals surface area (Å²) in [6.45, 7) is 0. The Morgan fingerprint density at radius 2 is 1.60 bits per heavy atom. The standard InChI is InChI=1S/C16H11F6NO2/c17-15(18,19)11-3-1-2-10(8-11)9-14(24)23-12-4-6-13(7-5-12)25-16(20,21)22/h1-8H,9H2,(H,23,24). The van der Waals surface area contributed by atoms with Crippen LogP contribution in [0.1, 0.15) is 11.1 Å². The zero-order valence-corrected chi connectivity index (χ0v) is 12.4. The Bertz CT molecular complexity index is 738. The van der Waals surface area contributed by atoms with Crippen molar-refractivity contribution in [3.05, 3.63) is 59.7 Å². The van der Waals surface area contributed by atoms with E-state index in [1.54, 1.807) is 0 Å². The van der Waals surface area contributed by atoms with Gasteiger partial charge in [0.25, 0.3) is 0 Å². The number of rotatable bonds is 4. The monoisotopic (exact) mass is 363 g/mol. The molecule has 0 spiro atoms. The van der Waals surface area contributed by atoms with Crippen molar-refractivity contribution >= 4 is 11.6 Å². The fraction of sp³-hybridized carbons (Fsp3) is 0.188. The van der Waals surface area contributed by atoms with Crippen molar-refractivity contribution in [1.29, 1.82) is 0 Å². The zero-order chi connectivity index (χ0) is 18.7. The summed E-state index contributed by atoms with van der Waals surface area (Å²) in [5.41, 5.74) is -0.526. The van der Waals surface area contributed by atoms with Gasteiger partial charge in [0.1, 0.15) is 5.75 Å². The summed E-state index contributed by atoms with van der Waals surface area (Å²) in [5, 5.41) is 2.38. The third kappa shape index (κ3) is 6.02. The SMILES string of the molecule is O=C(Cc1cccc(C(F)(F)F)c1)Nc1ccc(OC(F)(F)F)cc1. The lowest BCUT2D eigenvalue weighted by atomic mass is 10.1. The summed E-state index contributed by atoms with van der Waals surface area (Å²) in [6.07, 6.45) is -9.65. The Kier molecular flexibility index (Phi) is 5.24. The first kappa shape index (κ1) is 18.6. The molecule has 0 atom stereocenters.